The second-order valence-corrected chi connectivity index (χ2v) is 4.50. The predicted octanol–water partition coefficient (Wildman–Crippen LogP) is 2.28. The van der Waals surface area contributed by atoms with E-state index in [-0.39, 0.29) is 0 Å². The van der Waals surface area contributed by atoms with Crippen molar-refractivity contribution in [2.75, 3.05) is 6.61 Å². The molecule has 0 aromatic heterocycles. The van der Waals surface area contributed by atoms with Gasteiger partial charge in [-0.25, -0.2) is 0 Å². The summed E-state index contributed by atoms with van der Waals surface area (Å²) in [4.78, 5) is 0. The van der Waals surface area contributed by atoms with Gasteiger partial charge in [0.1, 0.15) is 5.75 Å². The van der Waals surface area contributed by atoms with Gasteiger partial charge in [0.15, 0.2) is 0 Å². The molecule has 0 fully saturated rings. The van der Waals surface area contributed by atoms with Crippen molar-refractivity contribution in [1.82, 2.24) is 0 Å². The van der Waals surface area contributed by atoms with E-state index >= 15 is 0 Å². The third-order valence-electron chi connectivity index (χ3n) is 2.23. The summed E-state index contributed by atoms with van der Waals surface area (Å²) in [6.45, 7) is 2.52. The van der Waals surface area contributed by atoms with Crippen molar-refractivity contribution in [1.29, 1.82) is 0 Å². The van der Waals surface area contributed by atoms with Crippen LogP contribution in [-0.2, 0) is 6.42 Å². The maximum Gasteiger partial charge on any atom is 0.128 e. The molecule has 3 heteroatoms. The van der Waals surface area contributed by atoms with Crippen LogP contribution in [0.25, 0.3) is 0 Å². The Balaban J connectivity index is 2.55. The van der Waals surface area contributed by atoms with Crippen LogP contribution in [0.5, 0.6) is 5.75 Å². The van der Waals surface area contributed by atoms with Crippen LogP contribution in [0.15, 0.2) is 12.1 Å². The van der Waals surface area contributed by atoms with Gasteiger partial charge in [-0.3, -0.25) is 0 Å². The van der Waals surface area contributed by atoms with Crippen LogP contribution in [0, 0.1) is 3.57 Å². The molecule has 1 aliphatic rings. The molecule has 13 heavy (non-hydrogen) atoms. The van der Waals surface area contributed by atoms with Gasteiger partial charge < -0.3 is 9.84 Å². The van der Waals surface area contributed by atoms with Gasteiger partial charge in [-0.15, -0.1) is 0 Å². The molecule has 0 saturated carbocycles. The van der Waals surface area contributed by atoms with Gasteiger partial charge in [0, 0.05) is 15.6 Å². The van der Waals surface area contributed by atoms with Crippen molar-refractivity contribution in [3.05, 3.63) is 26.8 Å². The summed E-state index contributed by atoms with van der Waals surface area (Å²) in [6, 6.07) is 4.10. The first-order chi connectivity index (χ1) is 6.18. The van der Waals surface area contributed by atoms with Crippen LogP contribution in [0.3, 0.4) is 0 Å². The highest BCUT2D eigenvalue weighted by molar-refractivity contribution is 14.1. The average Bonchev–Trinajstić information content (AvgIpc) is 2.49. The SMILES string of the molecule is C[C@@H](O)c1cc(I)cc2c1OCC2. The van der Waals surface area contributed by atoms with E-state index < -0.39 is 6.10 Å². The fourth-order valence-corrected chi connectivity index (χ4v) is 2.32. The van der Waals surface area contributed by atoms with Crippen LogP contribution in [0.1, 0.15) is 24.2 Å². The number of benzene rings is 1. The van der Waals surface area contributed by atoms with Crippen molar-refractivity contribution in [3.8, 4) is 5.75 Å². The lowest BCUT2D eigenvalue weighted by Gasteiger charge is -2.10. The number of aliphatic hydroxyl groups excluding tert-OH is 1. The molecule has 0 saturated heterocycles. The third kappa shape index (κ3) is 1.67. The second-order valence-electron chi connectivity index (χ2n) is 3.26. The molecule has 0 spiro atoms. The first-order valence-corrected chi connectivity index (χ1v) is 5.39. The molecule has 1 atom stereocenters. The highest BCUT2D eigenvalue weighted by Gasteiger charge is 2.19. The molecule has 1 aromatic carbocycles. The summed E-state index contributed by atoms with van der Waals surface area (Å²) in [5.41, 5.74) is 2.14. The van der Waals surface area contributed by atoms with Gasteiger partial charge in [-0.1, -0.05) is 0 Å². The number of ether oxygens (including phenoxy) is 1. The molecule has 1 aromatic rings. The van der Waals surface area contributed by atoms with Gasteiger partial charge in [0.25, 0.3) is 0 Å². The molecule has 2 nitrogen and oxygen atoms in total. The monoisotopic (exact) mass is 290 g/mol. The van der Waals surface area contributed by atoms with Crippen molar-refractivity contribution in [2.24, 2.45) is 0 Å². The lowest BCUT2D eigenvalue weighted by atomic mass is 10.0. The van der Waals surface area contributed by atoms with E-state index in [4.69, 9.17) is 4.74 Å². The van der Waals surface area contributed by atoms with E-state index in [1.165, 1.54) is 5.56 Å². The van der Waals surface area contributed by atoms with Gasteiger partial charge >= 0.3 is 0 Å². The topological polar surface area (TPSA) is 29.5 Å². The Kier molecular flexibility index (Phi) is 2.47. The van der Waals surface area contributed by atoms with Gasteiger partial charge in [-0.05, 0) is 47.2 Å². The Bertz CT molecular complexity index is 334. The maximum atomic E-state index is 9.53. The van der Waals surface area contributed by atoms with Crippen LogP contribution in [0.2, 0.25) is 0 Å². The van der Waals surface area contributed by atoms with Crippen LogP contribution < -0.4 is 4.74 Å². The first kappa shape index (κ1) is 9.27. The molecule has 2 rings (SSSR count). The van der Waals surface area contributed by atoms with Crippen LogP contribution >= 0.6 is 22.6 Å². The Labute approximate surface area is 91.1 Å². The molecule has 0 bridgehead atoms. The van der Waals surface area contributed by atoms with E-state index in [2.05, 4.69) is 28.7 Å². The smallest absolute Gasteiger partial charge is 0.128 e. The Morgan fingerprint density at radius 3 is 3.00 bits per heavy atom. The number of fused-ring (bicyclic) bond motifs is 1. The fourth-order valence-electron chi connectivity index (χ4n) is 1.61. The summed E-state index contributed by atoms with van der Waals surface area (Å²) in [7, 11) is 0. The van der Waals surface area contributed by atoms with Crippen molar-refractivity contribution < 1.29 is 9.84 Å². The average molecular weight is 290 g/mol. The quantitative estimate of drug-likeness (QED) is 0.804. The maximum absolute atomic E-state index is 9.53. The molecule has 0 aliphatic carbocycles. The largest absolute Gasteiger partial charge is 0.493 e. The number of halogens is 1. The zero-order valence-electron chi connectivity index (χ0n) is 7.38. The molecule has 0 amide bonds. The Morgan fingerprint density at radius 1 is 1.54 bits per heavy atom. The summed E-state index contributed by atoms with van der Waals surface area (Å²) in [5, 5.41) is 9.53. The minimum absolute atomic E-state index is 0.443. The lowest BCUT2D eigenvalue weighted by Crippen LogP contribution is -1.96. The van der Waals surface area contributed by atoms with Gasteiger partial charge in [0.05, 0.1) is 12.7 Å². The molecular weight excluding hydrogens is 279 g/mol. The zero-order valence-corrected chi connectivity index (χ0v) is 9.54. The van der Waals surface area contributed by atoms with Crippen molar-refractivity contribution in [2.45, 2.75) is 19.4 Å². The summed E-state index contributed by atoms with van der Waals surface area (Å²) in [6.07, 6.45) is 0.521. The summed E-state index contributed by atoms with van der Waals surface area (Å²) >= 11 is 2.27. The number of aliphatic hydroxyl groups is 1. The van der Waals surface area contributed by atoms with Crippen molar-refractivity contribution in [3.63, 3.8) is 0 Å². The first-order valence-electron chi connectivity index (χ1n) is 4.31. The molecule has 1 aliphatic heterocycles. The van der Waals surface area contributed by atoms with Crippen LogP contribution in [0.4, 0.5) is 0 Å². The molecule has 0 radical (unpaired) electrons. The standard InChI is InChI=1S/C10H11IO2/c1-6(12)9-5-8(11)4-7-2-3-13-10(7)9/h4-6,12H,2-3H2,1H3/t6-/m1/s1. The van der Waals surface area contributed by atoms with Gasteiger partial charge in [0.2, 0.25) is 0 Å². The zero-order chi connectivity index (χ0) is 9.42. The molecule has 0 unspecified atom stereocenters. The van der Waals surface area contributed by atoms with E-state index in [1.54, 1.807) is 6.92 Å². The minimum Gasteiger partial charge on any atom is -0.493 e. The van der Waals surface area contributed by atoms with E-state index in [9.17, 15) is 5.11 Å². The van der Waals surface area contributed by atoms with Crippen LogP contribution in [-0.4, -0.2) is 11.7 Å². The normalized spacial score (nSPS) is 16.5. The van der Waals surface area contributed by atoms with E-state index in [1.807, 2.05) is 6.07 Å². The molecule has 1 N–H and O–H groups in total. The molecule has 70 valence electrons. The lowest BCUT2D eigenvalue weighted by molar-refractivity contribution is 0.193. The highest BCUT2D eigenvalue weighted by Crippen LogP contribution is 2.34. The van der Waals surface area contributed by atoms with Crippen molar-refractivity contribution >= 4 is 22.6 Å². The minimum atomic E-state index is -0.443. The van der Waals surface area contributed by atoms with E-state index in [0.717, 1.165) is 27.9 Å². The number of hydrogen-bond acceptors (Lipinski definition) is 2. The van der Waals surface area contributed by atoms with Gasteiger partial charge in [-0.2, -0.15) is 0 Å². The highest BCUT2D eigenvalue weighted by atomic mass is 127. The number of hydrogen-bond donors (Lipinski definition) is 1. The summed E-state index contributed by atoms with van der Waals surface area (Å²) < 4.78 is 6.65. The molecular formula is C10H11IO2. The number of rotatable bonds is 1. The van der Waals surface area contributed by atoms with E-state index in [0.29, 0.717) is 0 Å². The Morgan fingerprint density at radius 2 is 2.31 bits per heavy atom. The second kappa shape index (κ2) is 3.46. The predicted molar refractivity (Wildman–Crippen MR) is 59.0 cm³/mol. The Hall–Kier alpha value is -0.290. The molecule has 1 heterocycles. The third-order valence-corrected chi connectivity index (χ3v) is 2.85. The summed E-state index contributed by atoms with van der Waals surface area (Å²) in [5.74, 6) is 0.899. The fraction of sp³-hybridized carbons (Fsp3) is 0.400.